The van der Waals surface area contributed by atoms with E-state index in [9.17, 15) is 13.6 Å². The number of carbonyl (C=O) groups is 1. The van der Waals surface area contributed by atoms with Crippen LogP contribution < -0.4 is 0 Å². The van der Waals surface area contributed by atoms with Crippen LogP contribution in [0, 0.1) is 11.8 Å². The van der Waals surface area contributed by atoms with Crippen LogP contribution in [0.2, 0.25) is 0 Å². The van der Waals surface area contributed by atoms with Crippen molar-refractivity contribution in [3.05, 3.63) is 29.6 Å². The van der Waals surface area contributed by atoms with E-state index in [4.69, 9.17) is 9.84 Å². The Balaban J connectivity index is 2.21. The Hall–Kier alpha value is -1.60. The first-order valence-electron chi connectivity index (χ1n) is 5.88. The summed E-state index contributed by atoms with van der Waals surface area (Å²) in [5, 5.41) is 9.07. The Labute approximate surface area is 108 Å². The Morgan fingerprint density at radius 2 is 2.32 bits per heavy atom. The zero-order valence-electron chi connectivity index (χ0n) is 10.3. The normalized spacial score (nSPS) is 23.5. The second-order valence-corrected chi connectivity index (χ2v) is 4.42. The van der Waals surface area contributed by atoms with Gasteiger partial charge in [0.25, 0.3) is 5.91 Å². The summed E-state index contributed by atoms with van der Waals surface area (Å²) in [6.45, 7) is 1.91. The van der Waals surface area contributed by atoms with Crippen LogP contribution >= 0.6 is 0 Å². The van der Waals surface area contributed by atoms with E-state index in [0.29, 0.717) is 0 Å². The van der Waals surface area contributed by atoms with Crippen LogP contribution in [0.1, 0.15) is 17.3 Å². The average molecular weight is 272 g/mol. The van der Waals surface area contributed by atoms with Gasteiger partial charge in [-0.2, -0.15) is 4.39 Å². The van der Waals surface area contributed by atoms with Crippen molar-refractivity contribution in [2.45, 2.75) is 19.1 Å². The summed E-state index contributed by atoms with van der Waals surface area (Å²) in [6.07, 6.45) is 0.256. The fraction of sp³-hybridized carbons (Fsp3) is 0.500. The van der Waals surface area contributed by atoms with Crippen molar-refractivity contribution < 1.29 is 23.4 Å². The standard InChI is InChI=1S/C12H14F2N2O3/c1-7-4-16(5-8(6-17)19-7)12(18)9-2-3-15-11(14)10(9)13/h2-3,7-8,17H,4-6H2,1H3. The van der Waals surface area contributed by atoms with Gasteiger partial charge >= 0.3 is 0 Å². The van der Waals surface area contributed by atoms with Crippen molar-refractivity contribution in [2.75, 3.05) is 19.7 Å². The van der Waals surface area contributed by atoms with Crippen LogP contribution in [0.5, 0.6) is 0 Å². The molecule has 2 unspecified atom stereocenters. The SMILES string of the molecule is CC1CN(C(=O)c2ccnc(F)c2F)CC(CO)O1. The van der Waals surface area contributed by atoms with Gasteiger partial charge in [0.2, 0.25) is 5.95 Å². The molecule has 104 valence electrons. The number of nitrogens with zero attached hydrogens (tertiary/aromatic N) is 2. The first kappa shape index (κ1) is 13.8. The summed E-state index contributed by atoms with van der Waals surface area (Å²) < 4.78 is 31.9. The summed E-state index contributed by atoms with van der Waals surface area (Å²) in [4.78, 5) is 16.6. The summed E-state index contributed by atoms with van der Waals surface area (Å²) in [5.41, 5.74) is -0.363. The van der Waals surface area contributed by atoms with Gasteiger partial charge in [0, 0.05) is 19.3 Å². The maximum Gasteiger partial charge on any atom is 0.257 e. The Morgan fingerprint density at radius 1 is 1.58 bits per heavy atom. The number of aliphatic hydroxyl groups excluding tert-OH is 1. The lowest BCUT2D eigenvalue weighted by atomic mass is 10.1. The second kappa shape index (κ2) is 5.58. The molecule has 0 spiro atoms. The number of aliphatic hydroxyl groups is 1. The highest BCUT2D eigenvalue weighted by molar-refractivity contribution is 5.94. The zero-order chi connectivity index (χ0) is 14.0. The molecule has 2 heterocycles. The number of rotatable bonds is 2. The van der Waals surface area contributed by atoms with E-state index < -0.39 is 23.8 Å². The van der Waals surface area contributed by atoms with E-state index in [1.54, 1.807) is 6.92 Å². The molecule has 1 amide bonds. The summed E-state index contributed by atoms with van der Waals surface area (Å²) in [7, 11) is 0. The van der Waals surface area contributed by atoms with Crippen LogP contribution in [0.3, 0.4) is 0 Å². The summed E-state index contributed by atoms with van der Waals surface area (Å²) >= 11 is 0. The van der Waals surface area contributed by atoms with Crippen molar-refractivity contribution in [3.63, 3.8) is 0 Å². The van der Waals surface area contributed by atoms with E-state index in [0.717, 1.165) is 12.3 Å². The predicted octanol–water partition coefficient (Wildman–Crippen LogP) is 0.582. The number of carbonyl (C=O) groups excluding carboxylic acids is 1. The van der Waals surface area contributed by atoms with Crippen molar-refractivity contribution >= 4 is 5.91 Å². The lowest BCUT2D eigenvalue weighted by Crippen LogP contribution is -2.50. The molecule has 0 radical (unpaired) electrons. The smallest absolute Gasteiger partial charge is 0.257 e. The third-order valence-electron chi connectivity index (χ3n) is 2.89. The molecular formula is C12H14F2N2O3. The van der Waals surface area contributed by atoms with E-state index in [2.05, 4.69) is 4.98 Å². The topological polar surface area (TPSA) is 62.7 Å². The Morgan fingerprint density at radius 3 is 3.00 bits per heavy atom. The van der Waals surface area contributed by atoms with Crippen molar-refractivity contribution in [3.8, 4) is 0 Å². The van der Waals surface area contributed by atoms with Crippen LogP contribution in [-0.4, -0.2) is 52.8 Å². The minimum absolute atomic E-state index is 0.142. The van der Waals surface area contributed by atoms with Crippen LogP contribution in [-0.2, 0) is 4.74 Å². The Kier molecular flexibility index (Phi) is 4.06. The molecule has 1 fully saturated rings. The van der Waals surface area contributed by atoms with E-state index in [1.807, 2.05) is 0 Å². The van der Waals surface area contributed by atoms with E-state index in [-0.39, 0.29) is 31.4 Å². The van der Waals surface area contributed by atoms with Crippen molar-refractivity contribution in [1.29, 1.82) is 0 Å². The minimum Gasteiger partial charge on any atom is -0.394 e. The molecule has 19 heavy (non-hydrogen) atoms. The maximum atomic E-state index is 13.5. The number of aromatic nitrogens is 1. The molecule has 1 aliphatic heterocycles. The molecule has 1 aromatic rings. The quantitative estimate of drug-likeness (QED) is 0.800. The van der Waals surface area contributed by atoms with Gasteiger partial charge in [0.1, 0.15) is 0 Å². The van der Waals surface area contributed by atoms with Gasteiger partial charge in [0.15, 0.2) is 5.82 Å². The lowest BCUT2D eigenvalue weighted by Gasteiger charge is -2.36. The third-order valence-corrected chi connectivity index (χ3v) is 2.89. The van der Waals surface area contributed by atoms with E-state index in [1.165, 1.54) is 4.90 Å². The van der Waals surface area contributed by atoms with Gasteiger partial charge in [-0.05, 0) is 13.0 Å². The maximum absolute atomic E-state index is 13.5. The number of halogens is 2. The molecule has 7 heteroatoms. The highest BCUT2D eigenvalue weighted by Gasteiger charge is 2.30. The first-order valence-corrected chi connectivity index (χ1v) is 5.88. The predicted molar refractivity (Wildman–Crippen MR) is 61.5 cm³/mol. The van der Waals surface area contributed by atoms with Crippen LogP contribution in [0.15, 0.2) is 12.3 Å². The van der Waals surface area contributed by atoms with Gasteiger partial charge < -0.3 is 14.7 Å². The number of pyridine rings is 1. The molecule has 0 aliphatic carbocycles. The molecule has 1 aromatic heterocycles. The van der Waals surface area contributed by atoms with Crippen LogP contribution in [0.4, 0.5) is 8.78 Å². The van der Waals surface area contributed by atoms with Gasteiger partial charge in [-0.25, -0.2) is 9.37 Å². The zero-order valence-corrected chi connectivity index (χ0v) is 10.3. The Bertz CT molecular complexity index is 484. The molecule has 1 aliphatic rings. The average Bonchev–Trinajstić information content (AvgIpc) is 2.40. The fourth-order valence-corrected chi connectivity index (χ4v) is 2.07. The lowest BCUT2D eigenvalue weighted by molar-refractivity contribution is -0.0859. The summed E-state index contributed by atoms with van der Waals surface area (Å²) in [6, 6.07) is 1.13. The number of ether oxygens (including phenoxy) is 1. The number of amides is 1. The van der Waals surface area contributed by atoms with Gasteiger partial charge in [-0.15, -0.1) is 0 Å². The van der Waals surface area contributed by atoms with Crippen molar-refractivity contribution in [2.24, 2.45) is 0 Å². The molecule has 1 saturated heterocycles. The molecule has 2 rings (SSSR count). The number of hydrogen-bond acceptors (Lipinski definition) is 4. The molecule has 0 saturated carbocycles. The largest absolute Gasteiger partial charge is 0.394 e. The van der Waals surface area contributed by atoms with Gasteiger partial charge in [-0.1, -0.05) is 0 Å². The fourth-order valence-electron chi connectivity index (χ4n) is 2.07. The highest BCUT2D eigenvalue weighted by atomic mass is 19.2. The third kappa shape index (κ3) is 2.87. The number of hydrogen-bond donors (Lipinski definition) is 1. The molecular weight excluding hydrogens is 258 g/mol. The molecule has 1 N–H and O–H groups in total. The van der Waals surface area contributed by atoms with Gasteiger partial charge in [-0.3, -0.25) is 4.79 Å². The monoisotopic (exact) mass is 272 g/mol. The summed E-state index contributed by atoms with van der Waals surface area (Å²) in [5.74, 6) is -3.19. The van der Waals surface area contributed by atoms with Gasteiger partial charge in [0.05, 0.1) is 24.4 Å². The molecule has 2 atom stereocenters. The number of morpholine rings is 1. The van der Waals surface area contributed by atoms with Crippen molar-refractivity contribution in [1.82, 2.24) is 9.88 Å². The first-order chi connectivity index (χ1) is 9.02. The second-order valence-electron chi connectivity index (χ2n) is 4.42. The minimum atomic E-state index is -1.30. The molecule has 0 bridgehead atoms. The highest BCUT2D eigenvalue weighted by Crippen LogP contribution is 2.17. The van der Waals surface area contributed by atoms with Crippen LogP contribution in [0.25, 0.3) is 0 Å². The van der Waals surface area contributed by atoms with E-state index >= 15 is 0 Å². The molecule has 0 aromatic carbocycles. The molecule has 5 nitrogen and oxygen atoms in total.